The van der Waals surface area contributed by atoms with Gasteiger partial charge in [0.25, 0.3) is 0 Å². The summed E-state index contributed by atoms with van der Waals surface area (Å²) in [5.74, 6) is 0.968. The SMILES string of the molecule is CC1CCCCC(C)(C2(C)CCCC2)C1. The lowest BCUT2D eigenvalue weighted by Gasteiger charge is -2.45. The van der Waals surface area contributed by atoms with Gasteiger partial charge in [0.2, 0.25) is 0 Å². The van der Waals surface area contributed by atoms with Gasteiger partial charge in [0, 0.05) is 0 Å². The molecule has 0 heteroatoms. The highest BCUT2D eigenvalue weighted by Crippen LogP contribution is 2.57. The minimum atomic E-state index is 0.652. The summed E-state index contributed by atoms with van der Waals surface area (Å²) in [5.41, 5.74) is 1.32. The second-order valence-corrected chi connectivity index (χ2v) is 6.88. The molecule has 2 rings (SSSR count). The predicted octanol–water partition coefficient (Wildman–Crippen LogP) is 5.17. The van der Waals surface area contributed by atoms with E-state index in [0.717, 1.165) is 5.92 Å². The van der Waals surface area contributed by atoms with Crippen molar-refractivity contribution < 1.29 is 0 Å². The van der Waals surface area contributed by atoms with Crippen LogP contribution in [0, 0.1) is 16.7 Å². The Morgan fingerprint density at radius 1 is 0.800 bits per heavy atom. The summed E-state index contributed by atoms with van der Waals surface area (Å²) < 4.78 is 0. The molecule has 0 bridgehead atoms. The third-order valence-electron chi connectivity index (χ3n) is 5.64. The molecule has 0 aromatic heterocycles. The van der Waals surface area contributed by atoms with Gasteiger partial charge in [-0.3, -0.25) is 0 Å². The molecule has 2 atom stereocenters. The monoisotopic (exact) mass is 208 g/mol. The van der Waals surface area contributed by atoms with E-state index in [0.29, 0.717) is 10.8 Å². The van der Waals surface area contributed by atoms with Gasteiger partial charge < -0.3 is 0 Å². The lowest BCUT2D eigenvalue weighted by Crippen LogP contribution is -2.36. The van der Waals surface area contributed by atoms with E-state index in [4.69, 9.17) is 0 Å². The van der Waals surface area contributed by atoms with Crippen LogP contribution in [0.4, 0.5) is 0 Å². The molecule has 0 nitrogen and oxygen atoms in total. The summed E-state index contributed by atoms with van der Waals surface area (Å²) in [5, 5.41) is 0. The van der Waals surface area contributed by atoms with Gasteiger partial charge in [-0.25, -0.2) is 0 Å². The van der Waals surface area contributed by atoms with E-state index in [2.05, 4.69) is 20.8 Å². The second kappa shape index (κ2) is 4.11. The van der Waals surface area contributed by atoms with Crippen molar-refractivity contribution in [2.75, 3.05) is 0 Å². The summed E-state index contributed by atoms with van der Waals surface area (Å²) in [6.07, 6.45) is 13.4. The molecule has 0 aromatic rings. The standard InChI is InChI=1S/C15H28/c1-13-8-4-5-11-15(3,12-13)14(2)9-6-7-10-14/h13H,4-12H2,1-3H3. The summed E-state index contributed by atoms with van der Waals surface area (Å²) in [6.45, 7) is 7.65. The molecule has 88 valence electrons. The summed E-state index contributed by atoms with van der Waals surface area (Å²) >= 11 is 0. The maximum Gasteiger partial charge on any atom is -0.0269 e. The van der Waals surface area contributed by atoms with Crippen molar-refractivity contribution in [2.45, 2.75) is 78.6 Å². The molecular weight excluding hydrogens is 180 g/mol. The van der Waals surface area contributed by atoms with Crippen molar-refractivity contribution >= 4 is 0 Å². The largest absolute Gasteiger partial charge is 0.0625 e. The Kier molecular flexibility index (Phi) is 3.14. The minimum Gasteiger partial charge on any atom is -0.0625 e. The molecular formula is C15H28. The normalized spacial score (nSPS) is 41.4. The molecule has 0 saturated heterocycles. The van der Waals surface area contributed by atoms with Crippen molar-refractivity contribution in [3.8, 4) is 0 Å². The lowest BCUT2D eigenvalue weighted by atomic mass is 9.60. The van der Waals surface area contributed by atoms with Crippen molar-refractivity contribution in [2.24, 2.45) is 16.7 Å². The molecule has 2 saturated carbocycles. The first-order chi connectivity index (χ1) is 7.06. The molecule has 2 fully saturated rings. The van der Waals surface area contributed by atoms with Gasteiger partial charge >= 0.3 is 0 Å². The van der Waals surface area contributed by atoms with E-state index < -0.39 is 0 Å². The molecule has 0 radical (unpaired) electrons. The van der Waals surface area contributed by atoms with Crippen molar-refractivity contribution in [3.63, 3.8) is 0 Å². The first-order valence-corrected chi connectivity index (χ1v) is 7.06. The number of hydrogen-bond donors (Lipinski definition) is 0. The van der Waals surface area contributed by atoms with Crippen molar-refractivity contribution in [1.82, 2.24) is 0 Å². The highest BCUT2D eigenvalue weighted by atomic mass is 14.5. The Balaban J connectivity index is 2.15. The van der Waals surface area contributed by atoms with Crippen molar-refractivity contribution in [3.05, 3.63) is 0 Å². The Labute approximate surface area is 95.8 Å². The summed E-state index contributed by atoms with van der Waals surface area (Å²) in [6, 6.07) is 0. The molecule has 15 heavy (non-hydrogen) atoms. The Morgan fingerprint density at radius 3 is 2.00 bits per heavy atom. The van der Waals surface area contributed by atoms with Gasteiger partial charge in [-0.05, 0) is 42.4 Å². The quantitative estimate of drug-likeness (QED) is 0.521. The maximum absolute atomic E-state index is 2.60. The molecule has 2 unspecified atom stereocenters. The highest BCUT2D eigenvalue weighted by Gasteiger charge is 2.46. The van der Waals surface area contributed by atoms with Crippen LogP contribution in [0.3, 0.4) is 0 Å². The van der Waals surface area contributed by atoms with E-state index in [-0.39, 0.29) is 0 Å². The molecule has 0 heterocycles. The van der Waals surface area contributed by atoms with Gasteiger partial charge in [-0.15, -0.1) is 0 Å². The molecule has 0 aromatic carbocycles. The molecule has 0 spiro atoms. The van der Waals surface area contributed by atoms with Crippen LogP contribution in [-0.4, -0.2) is 0 Å². The van der Waals surface area contributed by atoms with E-state index >= 15 is 0 Å². The van der Waals surface area contributed by atoms with E-state index in [1.165, 1.54) is 57.8 Å². The van der Waals surface area contributed by atoms with Gasteiger partial charge in [-0.2, -0.15) is 0 Å². The second-order valence-electron chi connectivity index (χ2n) is 6.88. The molecule has 0 N–H and O–H groups in total. The van der Waals surface area contributed by atoms with Crippen LogP contribution in [0.2, 0.25) is 0 Å². The van der Waals surface area contributed by atoms with Crippen LogP contribution in [0.25, 0.3) is 0 Å². The van der Waals surface area contributed by atoms with Crippen LogP contribution >= 0.6 is 0 Å². The zero-order valence-corrected chi connectivity index (χ0v) is 10.9. The Bertz CT molecular complexity index is 212. The Hall–Kier alpha value is 0. The minimum absolute atomic E-state index is 0.652. The fourth-order valence-corrected chi connectivity index (χ4v) is 4.29. The van der Waals surface area contributed by atoms with E-state index in [1.807, 2.05) is 0 Å². The average Bonchev–Trinajstić information content (AvgIpc) is 2.54. The maximum atomic E-state index is 2.60. The average molecular weight is 208 g/mol. The number of rotatable bonds is 1. The third-order valence-corrected chi connectivity index (χ3v) is 5.64. The van der Waals surface area contributed by atoms with Gasteiger partial charge in [0.1, 0.15) is 0 Å². The summed E-state index contributed by atoms with van der Waals surface area (Å²) in [4.78, 5) is 0. The third kappa shape index (κ3) is 2.10. The van der Waals surface area contributed by atoms with E-state index in [9.17, 15) is 0 Å². The topological polar surface area (TPSA) is 0 Å². The Morgan fingerprint density at radius 2 is 1.33 bits per heavy atom. The fraction of sp³-hybridized carbons (Fsp3) is 1.00. The molecule has 2 aliphatic carbocycles. The van der Waals surface area contributed by atoms with E-state index in [1.54, 1.807) is 0 Å². The van der Waals surface area contributed by atoms with Crippen LogP contribution in [-0.2, 0) is 0 Å². The zero-order chi connectivity index (χ0) is 10.9. The first kappa shape index (κ1) is 11.5. The predicted molar refractivity (Wildman–Crippen MR) is 66.9 cm³/mol. The number of hydrogen-bond acceptors (Lipinski definition) is 0. The van der Waals surface area contributed by atoms with Gasteiger partial charge in [0.15, 0.2) is 0 Å². The first-order valence-electron chi connectivity index (χ1n) is 7.06. The van der Waals surface area contributed by atoms with Crippen LogP contribution in [0.15, 0.2) is 0 Å². The highest BCUT2D eigenvalue weighted by molar-refractivity contribution is 4.97. The van der Waals surface area contributed by atoms with Crippen LogP contribution in [0.1, 0.15) is 78.6 Å². The van der Waals surface area contributed by atoms with Crippen LogP contribution < -0.4 is 0 Å². The summed E-state index contributed by atoms with van der Waals surface area (Å²) in [7, 11) is 0. The van der Waals surface area contributed by atoms with Gasteiger partial charge in [0.05, 0.1) is 0 Å². The van der Waals surface area contributed by atoms with Crippen molar-refractivity contribution in [1.29, 1.82) is 0 Å². The molecule has 0 amide bonds. The smallest absolute Gasteiger partial charge is 0.0269 e. The lowest BCUT2D eigenvalue weighted by molar-refractivity contribution is 0.0460. The fourth-order valence-electron chi connectivity index (χ4n) is 4.29. The van der Waals surface area contributed by atoms with Crippen LogP contribution in [0.5, 0.6) is 0 Å². The van der Waals surface area contributed by atoms with Gasteiger partial charge in [-0.1, -0.05) is 52.9 Å². The molecule has 0 aliphatic heterocycles. The zero-order valence-electron chi connectivity index (χ0n) is 10.9. The molecule has 2 aliphatic rings.